The number of hydrogen-bond donors (Lipinski definition) is 1. The SMILES string of the molecule is CCc1ccc(NC(=O)c2nc(-c3ccc(F)cc3)n(-c3ccc(Cl)cc3)n2)cc1. The number of nitrogens with one attached hydrogen (secondary N) is 1. The fourth-order valence-electron chi connectivity index (χ4n) is 2.97. The van der Waals surface area contributed by atoms with Crippen molar-refractivity contribution in [3.63, 3.8) is 0 Å². The summed E-state index contributed by atoms with van der Waals surface area (Å²) in [4.78, 5) is 17.2. The fraction of sp³-hybridized carbons (Fsp3) is 0.0870. The molecule has 0 aliphatic carbocycles. The molecule has 0 unspecified atom stereocenters. The summed E-state index contributed by atoms with van der Waals surface area (Å²) in [5, 5.41) is 7.79. The number of anilines is 1. The molecule has 0 saturated carbocycles. The molecule has 1 aromatic heterocycles. The Morgan fingerprint density at radius 3 is 2.30 bits per heavy atom. The van der Waals surface area contributed by atoms with Crippen molar-refractivity contribution in [3.05, 3.63) is 95.0 Å². The third kappa shape index (κ3) is 4.23. The molecule has 0 fully saturated rings. The first kappa shape index (κ1) is 19.8. The lowest BCUT2D eigenvalue weighted by Crippen LogP contribution is -2.14. The van der Waals surface area contributed by atoms with Crippen molar-refractivity contribution >= 4 is 23.2 Å². The lowest BCUT2D eigenvalue weighted by molar-refractivity contribution is 0.101. The van der Waals surface area contributed by atoms with Gasteiger partial charge in [0.2, 0.25) is 5.82 Å². The summed E-state index contributed by atoms with van der Waals surface area (Å²) in [6, 6.07) is 20.5. The number of halogens is 2. The summed E-state index contributed by atoms with van der Waals surface area (Å²) in [5.41, 5.74) is 3.14. The van der Waals surface area contributed by atoms with E-state index < -0.39 is 5.91 Å². The maximum absolute atomic E-state index is 13.4. The maximum Gasteiger partial charge on any atom is 0.295 e. The molecule has 0 saturated heterocycles. The number of hydrogen-bond acceptors (Lipinski definition) is 3. The van der Waals surface area contributed by atoms with Crippen LogP contribution >= 0.6 is 11.6 Å². The second kappa shape index (κ2) is 8.47. The van der Waals surface area contributed by atoms with Crippen molar-refractivity contribution in [2.75, 3.05) is 5.32 Å². The van der Waals surface area contributed by atoms with Crippen LogP contribution in [0.15, 0.2) is 72.8 Å². The smallest absolute Gasteiger partial charge is 0.295 e. The van der Waals surface area contributed by atoms with E-state index in [2.05, 4.69) is 22.3 Å². The minimum atomic E-state index is -0.435. The van der Waals surface area contributed by atoms with Gasteiger partial charge in [0.25, 0.3) is 5.91 Å². The van der Waals surface area contributed by atoms with Crippen molar-refractivity contribution in [1.29, 1.82) is 0 Å². The van der Waals surface area contributed by atoms with E-state index in [9.17, 15) is 9.18 Å². The summed E-state index contributed by atoms with van der Waals surface area (Å²) in [5.74, 6) is -0.368. The van der Waals surface area contributed by atoms with Gasteiger partial charge in [-0.2, -0.15) is 0 Å². The molecule has 7 heteroatoms. The van der Waals surface area contributed by atoms with Gasteiger partial charge in [-0.05, 0) is 72.6 Å². The molecule has 1 amide bonds. The van der Waals surface area contributed by atoms with E-state index in [1.165, 1.54) is 17.7 Å². The number of rotatable bonds is 5. The van der Waals surface area contributed by atoms with Crippen LogP contribution in [0.5, 0.6) is 0 Å². The van der Waals surface area contributed by atoms with E-state index in [1.54, 1.807) is 41.1 Å². The molecule has 150 valence electrons. The lowest BCUT2D eigenvalue weighted by atomic mass is 10.1. The standard InChI is InChI=1S/C23H18ClFN4O/c1-2-15-3-11-19(12-4-15)26-23(30)21-27-22(16-5-9-18(25)10-6-16)29(28-21)20-13-7-17(24)8-14-20/h3-14H,2H2,1H3,(H,26,30). The van der Waals surface area contributed by atoms with Gasteiger partial charge in [-0.1, -0.05) is 30.7 Å². The van der Waals surface area contributed by atoms with Gasteiger partial charge in [0.15, 0.2) is 5.82 Å². The van der Waals surface area contributed by atoms with Gasteiger partial charge in [0.1, 0.15) is 5.82 Å². The molecular weight excluding hydrogens is 403 g/mol. The number of nitrogens with zero attached hydrogens (tertiary/aromatic N) is 3. The Morgan fingerprint density at radius 2 is 1.67 bits per heavy atom. The highest BCUT2D eigenvalue weighted by Crippen LogP contribution is 2.23. The lowest BCUT2D eigenvalue weighted by Gasteiger charge is -2.06. The van der Waals surface area contributed by atoms with Gasteiger partial charge in [0.05, 0.1) is 5.69 Å². The molecular formula is C23H18ClFN4O. The van der Waals surface area contributed by atoms with E-state index >= 15 is 0 Å². The van der Waals surface area contributed by atoms with E-state index in [-0.39, 0.29) is 11.6 Å². The molecule has 0 aliphatic rings. The van der Waals surface area contributed by atoms with Crippen LogP contribution in [-0.2, 0) is 6.42 Å². The minimum absolute atomic E-state index is 0.00356. The monoisotopic (exact) mass is 420 g/mol. The quantitative estimate of drug-likeness (QED) is 0.461. The Labute approximate surface area is 178 Å². The molecule has 0 radical (unpaired) electrons. The zero-order valence-corrected chi connectivity index (χ0v) is 16.9. The second-order valence-corrected chi connectivity index (χ2v) is 7.10. The Morgan fingerprint density at radius 1 is 1.00 bits per heavy atom. The average molecular weight is 421 g/mol. The topological polar surface area (TPSA) is 59.8 Å². The van der Waals surface area contributed by atoms with E-state index in [1.807, 2.05) is 24.3 Å². The molecule has 3 aromatic carbocycles. The minimum Gasteiger partial charge on any atom is -0.319 e. The first-order valence-electron chi connectivity index (χ1n) is 9.42. The number of carbonyl (C=O) groups excluding carboxylic acids is 1. The largest absolute Gasteiger partial charge is 0.319 e. The number of aromatic nitrogens is 3. The predicted octanol–water partition coefficient (Wildman–Crippen LogP) is 5.54. The fourth-order valence-corrected chi connectivity index (χ4v) is 3.09. The molecule has 4 rings (SSSR count). The second-order valence-electron chi connectivity index (χ2n) is 6.66. The van der Waals surface area contributed by atoms with Crippen LogP contribution in [0.3, 0.4) is 0 Å². The molecule has 30 heavy (non-hydrogen) atoms. The van der Waals surface area contributed by atoms with E-state index in [0.717, 1.165) is 6.42 Å². The molecule has 0 bridgehead atoms. The number of aryl methyl sites for hydroxylation is 1. The molecule has 0 atom stereocenters. The maximum atomic E-state index is 13.4. The number of carbonyl (C=O) groups is 1. The van der Waals surface area contributed by atoms with Crippen molar-refractivity contribution < 1.29 is 9.18 Å². The highest BCUT2D eigenvalue weighted by molar-refractivity contribution is 6.30. The van der Waals surface area contributed by atoms with Crippen molar-refractivity contribution in [2.24, 2.45) is 0 Å². The van der Waals surface area contributed by atoms with Gasteiger partial charge >= 0.3 is 0 Å². The molecule has 0 aliphatic heterocycles. The number of amides is 1. The van der Waals surface area contributed by atoms with Gasteiger partial charge in [-0.25, -0.2) is 14.1 Å². The Bertz CT molecular complexity index is 1110. The molecule has 5 nitrogen and oxygen atoms in total. The van der Waals surface area contributed by atoms with Crippen LogP contribution in [0.2, 0.25) is 5.02 Å². The zero-order chi connectivity index (χ0) is 21.1. The van der Waals surface area contributed by atoms with Gasteiger partial charge in [-0.3, -0.25) is 4.79 Å². The van der Waals surface area contributed by atoms with Crippen LogP contribution in [0.25, 0.3) is 17.1 Å². The molecule has 1 heterocycles. The summed E-state index contributed by atoms with van der Waals surface area (Å²) >= 11 is 5.99. The summed E-state index contributed by atoms with van der Waals surface area (Å²) in [6.45, 7) is 2.07. The number of benzene rings is 3. The molecule has 1 N–H and O–H groups in total. The third-order valence-electron chi connectivity index (χ3n) is 4.60. The molecule has 0 spiro atoms. The Kier molecular flexibility index (Phi) is 5.59. The van der Waals surface area contributed by atoms with Gasteiger partial charge < -0.3 is 5.32 Å². The summed E-state index contributed by atoms with van der Waals surface area (Å²) in [6.07, 6.45) is 0.919. The van der Waals surface area contributed by atoms with Crippen LogP contribution in [0.4, 0.5) is 10.1 Å². The van der Waals surface area contributed by atoms with Crippen molar-refractivity contribution in [2.45, 2.75) is 13.3 Å². The Hall–Kier alpha value is -3.51. The van der Waals surface area contributed by atoms with Crippen LogP contribution in [-0.4, -0.2) is 20.7 Å². The van der Waals surface area contributed by atoms with E-state index in [0.29, 0.717) is 27.8 Å². The normalized spacial score (nSPS) is 10.8. The van der Waals surface area contributed by atoms with Crippen molar-refractivity contribution in [3.8, 4) is 17.1 Å². The predicted molar refractivity (Wildman–Crippen MR) is 116 cm³/mol. The van der Waals surface area contributed by atoms with Crippen LogP contribution in [0, 0.1) is 5.82 Å². The summed E-state index contributed by atoms with van der Waals surface area (Å²) < 4.78 is 14.9. The van der Waals surface area contributed by atoms with E-state index in [4.69, 9.17) is 11.6 Å². The average Bonchev–Trinajstić information content (AvgIpc) is 3.21. The van der Waals surface area contributed by atoms with Gasteiger partial charge in [-0.15, -0.1) is 5.10 Å². The first-order chi connectivity index (χ1) is 14.5. The highest BCUT2D eigenvalue weighted by atomic mass is 35.5. The third-order valence-corrected chi connectivity index (χ3v) is 4.86. The van der Waals surface area contributed by atoms with Crippen LogP contribution in [0.1, 0.15) is 23.1 Å². The highest BCUT2D eigenvalue weighted by Gasteiger charge is 2.19. The molecule has 4 aromatic rings. The zero-order valence-electron chi connectivity index (χ0n) is 16.1. The first-order valence-corrected chi connectivity index (χ1v) is 9.80. The van der Waals surface area contributed by atoms with Crippen LogP contribution < -0.4 is 5.32 Å². The Balaban J connectivity index is 1.71. The summed E-state index contributed by atoms with van der Waals surface area (Å²) in [7, 11) is 0. The van der Waals surface area contributed by atoms with Crippen molar-refractivity contribution in [1.82, 2.24) is 14.8 Å². The van der Waals surface area contributed by atoms with Gasteiger partial charge in [0, 0.05) is 16.3 Å².